The van der Waals surface area contributed by atoms with Crippen LogP contribution in [0.25, 0.3) is 0 Å². The summed E-state index contributed by atoms with van der Waals surface area (Å²) in [6, 6.07) is 21.3. The van der Waals surface area contributed by atoms with Crippen LogP contribution in [-0.2, 0) is 23.0 Å². The van der Waals surface area contributed by atoms with Crippen molar-refractivity contribution in [1.82, 2.24) is 4.90 Å². The Morgan fingerprint density at radius 2 is 1.64 bits per heavy atom. The largest absolute Gasteiger partial charge is 0.497 e. The number of thiophene rings is 1. The molecule has 47 heavy (non-hydrogen) atoms. The highest BCUT2D eigenvalue weighted by Crippen LogP contribution is 2.33. The Bertz CT molecular complexity index is 1890. The first-order chi connectivity index (χ1) is 22.6. The van der Waals surface area contributed by atoms with Gasteiger partial charge in [-0.2, -0.15) is 4.31 Å². The number of hydrogen-bond donors (Lipinski definition) is 3. The SMILES string of the molecule is COc1ccc(C(=O)N(c2ccc3c(c2)CN(C(=N)N)CC3)S(=O)(=O)c2ccc(O[N+]3(C(=N)c4cccs4)CCCCC3)cc2)cc1. The second kappa shape index (κ2) is 13.2. The number of quaternary nitrogens is 1. The Labute approximate surface area is 278 Å². The highest BCUT2D eigenvalue weighted by molar-refractivity contribution is 7.93. The van der Waals surface area contributed by atoms with Crippen LogP contribution < -0.4 is 19.6 Å². The number of hydroxylamine groups is 3. The number of carbonyl (C=O) groups is 1. The smallest absolute Gasteiger partial charge is 0.279 e. The van der Waals surface area contributed by atoms with E-state index in [9.17, 15) is 13.2 Å². The molecule has 0 aliphatic carbocycles. The zero-order valence-electron chi connectivity index (χ0n) is 26.0. The summed E-state index contributed by atoms with van der Waals surface area (Å²) in [7, 11) is -2.91. The maximum Gasteiger partial charge on any atom is 0.279 e. The lowest BCUT2D eigenvalue weighted by Gasteiger charge is -2.37. The molecule has 4 aromatic rings. The number of rotatable bonds is 8. The number of amides is 1. The minimum Gasteiger partial charge on any atom is -0.497 e. The molecule has 2 aliphatic heterocycles. The van der Waals surface area contributed by atoms with E-state index in [-0.39, 0.29) is 26.8 Å². The highest BCUT2D eigenvalue weighted by Gasteiger charge is 2.41. The molecule has 1 saturated heterocycles. The Morgan fingerprint density at radius 3 is 2.28 bits per heavy atom. The molecule has 244 valence electrons. The van der Waals surface area contributed by atoms with Gasteiger partial charge in [-0.3, -0.25) is 10.2 Å². The van der Waals surface area contributed by atoms with Crippen LogP contribution in [0.2, 0.25) is 0 Å². The zero-order valence-corrected chi connectivity index (χ0v) is 27.6. The monoisotopic (exact) mass is 673 g/mol. The first-order valence-electron chi connectivity index (χ1n) is 15.4. The third-order valence-corrected chi connectivity index (χ3v) is 11.2. The van der Waals surface area contributed by atoms with Crippen LogP contribution in [0.15, 0.2) is 89.1 Å². The molecule has 0 atom stereocenters. The molecule has 11 nitrogen and oxygen atoms in total. The molecule has 3 heterocycles. The highest BCUT2D eigenvalue weighted by atomic mass is 32.2. The average molecular weight is 674 g/mol. The number of sulfonamides is 1. The van der Waals surface area contributed by atoms with Crippen LogP contribution in [-0.4, -0.2) is 62.4 Å². The van der Waals surface area contributed by atoms with Crippen LogP contribution in [0.4, 0.5) is 5.69 Å². The fourth-order valence-corrected chi connectivity index (χ4v) is 8.21. The molecule has 1 amide bonds. The van der Waals surface area contributed by atoms with Crippen molar-refractivity contribution in [1.29, 1.82) is 10.8 Å². The average Bonchev–Trinajstić information content (AvgIpc) is 3.63. The maximum atomic E-state index is 14.4. The van der Waals surface area contributed by atoms with Crippen molar-refractivity contribution in [3.63, 3.8) is 0 Å². The van der Waals surface area contributed by atoms with Crippen LogP contribution in [0, 0.1) is 10.8 Å². The maximum absolute atomic E-state index is 14.4. The van der Waals surface area contributed by atoms with Crippen molar-refractivity contribution < 1.29 is 27.4 Å². The van der Waals surface area contributed by atoms with Crippen molar-refractivity contribution in [2.24, 2.45) is 5.73 Å². The Hall–Kier alpha value is -4.72. The van der Waals surface area contributed by atoms with Crippen LogP contribution in [0.1, 0.15) is 45.6 Å². The van der Waals surface area contributed by atoms with Crippen molar-refractivity contribution in [3.05, 3.63) is 106 Å². The van der Waals surface area contributed by atoms with Crippen molar-refractivity contribution in [2.75, 3.05) is 31.0 Å². The zero-order chi connectivity index (χ0) is 33.2. The summed E-state index contributed by atoms with van der Waals surface area (Å²) in [6.07, 6.45) is 3.52. The summed E-state index contributed by atoms with van der Waals surface area (Å²) in [6.45, 7) is 2.19. The van der Waals surface area contributed by atoms with Crippen molar-refractivity contribution >= 4 is 44.7 Å². The number of ether oxygens (including phenoxy) is 1. The number of amidine groups is 1. The number of piperidine rings is 1. The van der Waals surface area contributed by atoms with E-state index in [1.54, 1.807) is 41.3 Å². The molecule has 1 aromatic heterocycles. The van der Waals surface area contributed by atoms with Gasteiger partial charge in [0, 0.05) is 31.5 Å². The van der Waals surface area contributed by atoms with E-state index in [1.807, 2.05) is 23.6 Å². The van der Waals surface area contributed by atoms with Gasteiger partial charge in [-0.15, -0.1) is 11.3 Å². The van der Waals surface area contributed by atoms with E-state index >= 15 is 0 Å². The lowest BCUT2D eigenvalue weighted by Crippen LogP contribution is -2.58. The van der Waals surface area contributed by atoms with E-state index in [0.29, 0.717) is 49.9 Å². The van der Waals surface area contributed by atoms with E-state index in [4.69, 9.17) is 26.1 Å². The predicted octanol–water partition coefficient (Wildman–Crippen LogP) is 5.36. The molecule has 0 unspecified atom stereocenters. The number of guanidine groups is 1. The molecular formula is C34H37N6O5S2+. The number of carbonyl (C=O) groups excluding carboxylic acids is 1. The van der Waals surface area contributed by atoms with E-state index < -0.39 is 15.9 Å². The van der Waals surface area contributed by atoms with E-state index in [0.717, 1.165) is 39.6 Å². The number of benzene rings is 3. The van der Waals surface area contributed by atoms with Gasteiger partial charge < -0.3 is 20.2 Å². The Kier molecular flexibility index (Phi) is 9.04. The molecule has 0 bridgehead atoms. The van der Waals surface area contributed by atoms with Crippen LogP contribution >= 0.6 is 11.3 Å². The van der Waals surface area contributed by atoms with Crippen molar-refractivity contribution in [2.45, 2.75) is 37.1 Å². The number of nitrogens with two attached hydrogens (primary N) is 1. The van der Waals surface area contributed by atoms with Gasteiger partial charge in [0.05, 0.1) is 17.7 Å². The Balaban J connectivity index is 1.35. The minimum absolute atomic E-state index is 0.0289. The second-order valence-corrected chi connectivity index (χ2v) is 14.3. The molecule has 0 spiro atoms. The molecule has 1 fully saturated rings. The summed E-state index contributed by atoms with van der Waals surface area (Å²) in [5.74, 6) is 0.545. The first-order valence-corrected chi connectivity index (χ1v) is 17.7. The van der Waals surface area contributed by atoms with Gasteiger partial charge in [-0.1, -0.05) is 16.8 Å². The van der Waals surface area contributed by atoms with Gasteiger partial charge in [0.25, 0.3) is 21.8 Å². The van der Waals surface area contributed by atoms with Crippen LogP contribution in [0.3, 0.4) is 0 Å². The third kappa shape index (κ3) is 6.46. The van der Waals surface area contributed by atoms with Crippen LogP contribution in [0.5, 0.6) is 11.5 Å². The van der Waals surface area contributed by atoms with Gasteiger partial charge >= 0.3 is 0 Å². The van der Waals surface area contributed by atoms with Gasteiger partial charge in [0.1, 0.15) is 23.7 Å². The minimum atomic E-state index is -4.42. The van der Waals surface area contributed by atoms with Gasteiger partial charge in [0.2, 0.25) is 0 Å². The summed E-state index contributed by atoms with van der Waals surface area (Å²) in [4.78, 5) is 23.0. The standard InChI is InChI=1S/C34H37N6O5S2/c1-44-28-11-8-25(9-12-28)33(41)39(27-10-7-24-17-18-38(34(36)37)23-26(24)22-27)47(42,43)30-15-13-29(14-16-30)45-40(19-3-2-4-20-40)32(35)31-6-5-21-46-31/h5-16,21-22,35H,2-4,17-20,23H2,1H3,(H3,36,37)/q+1. The van der Waals surface area contributed by atoms with Crippen molar-refractivity contribution in [3.8, 4) is 11.5 Å². The summed E-state index contributed by atoms with van der Waals surface area (Å²) >= 11 is 1.49. The molecule has 13 heteroatoms. The molecule has 0 saturated carbocycles. The topological polar surface area (TPSA) is 150 Å². The molecule has 2 aliphatic rings. The lowest BCUT2D eigenvalue weighted by molar-refractivity contribution is -1.01. The molecule has 0 radical (unpaired) electrons. The third-order valence-electron chi connectivity index (χ3n) is 8.64. The number of methoxy groups -OCH3 is 1. The fraction of sp³-hybridized carbons (Fsp3) is 0.265. The first kappa shape index (κ1) is 32.2. The normalized spacial score (nSPS) is 15.7. The summed E-state index contributed by atoms with van der Waals surface area (Å²) < 4.78 is 34.8. The molecule has 4 N–H and O–H groups in total. The fourth-order valence-electron chi connectivity index (χ4n) is 6.07. The number of anilines is 1. The molecule has 3 aromatic carbocycles. The lowest BCUT2D eigenvalue weighted by atomic mass is 9.99. The van der Waals surface area contributed by atoms with E-state index in [2.05, 4.69) is 0 Å². The Morgan fingerprint density at radius 1 is 0.936 bits per heavy atom. The van der Waals surface area contributed by atoms with E-state index in [1.165, 1.54) is 42.7 Å². The number of nitrogens with zero attached hydrogens (tertiary/aromatic N) is 3. The molecular weight excluding hydrogens is 637 g/mol. The second-order valence-electron chi connectivity index (χ2n) is 11.6. The number of hydrogen-bond acceptors (Lipinski definition) is 8. The number of fused-ring (bicyclic) bond motifs is 1. The van der Waals surface area contributed by atoms with Gasteiger partial charge in [0.15, 0.2) is 11.7 Å². The van der Waals surface area contributed by atoms with Gasteiger partial charge in [-0.25, -0.2) is 13.8 Å². The molecule has 6 rings (SSSR count). The predicted molar refractivity (Wildman–Crippen MR) is 182 cm³/mol. The summed E-state index contributed by atoms with van der Waals surface area (Å²) in [5.41, 5.74) is 7.89. The van der Waals surface area contributed by atoms with Gasteiger partial charge in [-0.05, 0) is 96.1 Å². The number of likely N-dealkylation sites (tertiary alicyclic amines) is 1. The summed E-state index contributed by atoms with van der Waals surface area (Å²) in [5, 5.41) is 18.8. The quantitative estimate of drug-likeness (QED) is 0.129. The number of nitrogens with one attached hydrogen (secondary N) is 2.